The Kier molecular flexibility index (Phi) is 11.0. The normalized spacial score (nSPS) is 13.9. The van der Waals surface area contributed by atoms with E-state index in [4.69, 9.17) is 5.73 Å². The van der Waals surface area contributed by atoms with Crippen LogP contribution in [0, 0.1) is 0 Å². The molecule has 4 unspecified atom stereocenters. The van der Waals surface area contributed by atoms with Crippen LogP contribution in [0.25, 0.3) is 21.8 Å². The van der Waals surface area contributed by atoms with E-state index in [0.29, 0.717) is 11.4 Å². The summed E-state index contributed by atoms with van der Waals surface area (Å²) >= 11 is 1.48. The largest absolute Gasteiger partial charge is 0.480 e. The summed E-state index contributed by atoms with van der Waals surface area (Å²) in [6.45, 7) is 0. The molecule has 3 aromatic heterocycles. The van der Waals surface area contributed by atoms with Gasteiger partial charge in [-0.15, -0.1) is 0 Å². The van der Waals surface area contributed by atoms with E-state index in [0.717, 1.165) is 32.9 Å². The number of carbonyl (C=O) groups is 4. The molecular formula is C33H38N8O5S. The third-order valence-electron chi connectivity index (χ3n) is 8.02. The van der Waals surface area contributed by atoms with Gasteiger partial charge in [0.2, 0.25) is 17.7 Å². The number of rotatable bonds is 16. The summed E-state index contributed by atoms with van der Waals surface area (Å²) in [5.74, 6) is -2.47. The van der Waals surface area contributed by atoms with Gasteiger partial charge in [0.05, 0.1) is 12.4 Å². The van der Waals surface area contributed by atoms with Crippen LogP contribution in [0.15, 0.2) is 73.4 Å². The molecule has 0 aliphatic carbocycles. The minimum atomic E-state index is -1.24. The monoisotopic (exact) mass is 658 g/mol. The van der Waals surface area contributed by atoms with E-state index >= 15 is 0 Å². The van der Waals surface area contributed by atoms with E-state index in [2.05, 4.69) is 35.9 Å². The lowest BCUT2D eigenvalue weighted by Crippen LogP contribution is -2.58. The summed E-state index contributed by atoms with van der Waals surface area (Å²) < 4.78 is 0. The van der Waals surface area contributed by atoms with Crippen molar-refractivity contribution in [3.05, 3.63) is 90.3 Å². The van der Waals surface area contributed by atoms with Crippen LogP contribution in [-0.2, 0) is 38.4 Å². The first-order chi connectivity index (χ1) is 22.7. The number of imidazole rings is 1. The molecule has 0 bridgehead atoms. The maximum atomic E-state index is 13.7. The molecule has 9 N–H and O–H groups in total. The lowest BCUT2D eigenvalue weighted by molar-refractivity contribution is -0.142. The molecule has 47 heavy (non-hydrogen) atoms. The SMILES string of the molecule is CSCCC(NC(=O)C(Cc1cnc[nH]1)NC(=O)C(N)Cc1c[nH]c2ccccc12)C(=O)NC(Cc1c[nH]c2ccccc12)C(=O)O. The Morgan fingerprint density at radius 2 is 1.36 bits per heavy atom. The third kappa shape index (κ3) is 8.40. The first kappa shape index (κ1) is 33.3. The summed E-state index contributed by atoms with van der Waals surface area (Å²) in [6.07, 6.45) is 8.98. The average Bonchev–Trinajstić information content (AvgIpc) is 3.83. The summed E-state index contributed by atoms with van der Waals surface area (Å²) in [5, 5.41) is 19.9. The zero-order valence-corrected chi connectivity index (χ0v) is 26.6. The van der Waals surface area contributed by atoms with Crippen molar-refractivity contribution >= 4 is 57.3 Å². The number of aromatic nitrogens is 4. The Hall–Kier alpha value is -5.08. The van der Waals surface area contributed by atoms with Crippen LogP contribution in [-0.4, -0.2) is 84.9 Å². The number of benzene rings is 2. The molecule has 5 rings (SSSR count). The number of amides is 3. The second-order valence-electron chi connectivity index (χ2n) is 11.3. The van der Waals surface area contributed by atoms with Crippen LogP contribution in [0.1, 0.15) is 23.2 Å². The molecule has 3 heterocycles. The minimum Gasteiger partial charge on any atom is -0.480 e. The first-order valence-electron chi connectivity index (χ1n) is 15.2. The molecule has 0 fully saturated rings. The van der Waals surface area contributed by atoms with Gasteiger partial charge in [0, 0.05) is 58.9 Å². The number of carbonyl (C=O) groups excluding carboxylic acids is 3. The van der Waals surface area contributed by atoms with E-state index in [1.54, 1.807) is 12.4 Å². The van der Waals surface area contributed by atoms with Crippen molar-refractivity contribution < 1.29 is 24.3 Å². The van der Waals surface area contributed by atoms with Crippen molar-refractivity contribution in [3.8, 4) is 0 Å². The lowest BCUT2D eigenvalue weighted by Gasteiger charge is -2.25. The Morgan fingerprint density at radius 1 is 0.787 bits per heavy atom. The van der Waals surface area contributed by atoms with Gasteiger partial charge < -0.3 is 41.7 Å². The van der Waals surface area contributed by atoms with E-state index in [1.165, 1.54) is 18.1 Å². The van der Waals surface area contributed by atoms with Crippen molar-refractivity contribution in [2.45, 2.75) is 49.9 Å². The number of nitrogens with zero attached hydrogens (tertiary/aromatic N) is 1. The van der Waals surface area contributed by atoms with E-state index in [1.807, 2.05) is 61.0 Å². The topological polar surface area (TPSA) is 211 Å². The molecule has 3 amide bonds. The molecule has 0 radical (unpaired) electrons. The van der Waals surface area contributed by atoms with Gasteiger partial charge in [0.15, 0.2) is 0 Å². The molecule has 0 saturated carbocycles. The Labute approximate surface area is 274 Å². The zero-order chi connectivity index (χ0) is 33.3. The summed E-state index contributed by atoms with van der Waals surface area (Å²) in [7, 11) is 0. The number of hydrogen-bond acceptors (Lipinski definition) is 7. The van der Waals surface area contributed by atoms with Gasteiger partial charge in [-0.1, -0.05) is 36.4 Å². The highest BCUT2D eigenvalue weighted by molar-refractivity contribution is 7.98. The van der Waals surface area contributed by atoms with Crippen LogP contribution in [0.2, 0.25) is 0 Å². The van der Waals surface area contributed by atoms with Crippen LogP contribution in [0.5, 0.6) is 0 Å². The van der Waals surface area contributed by atoms with Gasteiger partial charge >= 0.3 is 5.97 Å². The number of nitrogens with one attached hydrogen (secondary N) is 6. The molecule has 0 aliphatic heterocycles. The molecule has 13 nitrogen and oxygen atoms in total. The fraction of sp³-hybridized carbons (Fsp3) is 0.303. The van der Waals surface area contributed by atoms with Gasteiger partial charge in [0.1, 0.15) is 18.1 Å². The first-order valence-corrected chi connectivity index (χ1v) is 16.6. The highest BCUT2D eigenvalue weighted by atomic mass is 32.2. The third-order valence-corrected chi connectivity index (χ3v) is 8.66. The number of H-pyrrole nitrogens is 3. The van der Waals surface area contributed by atoms with Crippen molar-refractivity contribution in [1.29, 1.82) is 0 Å². The zero-order valence-electron chi connectivity index (χ0n) is 25.8. The van der Waals surface area contributed by atoms with Crippen molar-refractivity contribution in [2.75, 3.05) is 12.0 Å². The number of thioether (sulfide) groups is 1. The Balaban J connectivity index is 1.28. The van der Waals surface area contributed by atoms with Gasteiger partial charge in [-0.3, -0.25) is 14.4 Å². The molecule has 14 heteroatoms. The predicted octanol–water partition coefficient (Wildman–Crippen LogP) is 2.02. The van der Waals surface area contributed by atoms with E-state index in [9.17, 15) is 24.3 Å². The second-order valence-corrected chi connectivity index (χ2v) is 12.3. The fourth-order valence-electron chi connectivity index (χ4n) is 5.50. The van der Waals surface area contributed by atoms with Crippen molar-refractivity contribution in [3.63, 3.8) is 0 Å². The van der Waals surface area contributed by atoms with Crippen molar-refractivity contribution in [1.82, 2.24) is 35.9 Å². The molecule has 0 aliphatic rings. The lowest BCUT2D eigenvalue weighted by atomic mass is 10.0. The standard InChI is InChI=1S/C33H38N8O5S/c1-47-11-10-27(31(43)41-29(33(45)46)13-20-16-37-26-9-5-3-7-23(20)26)39-32(44)28(14-21-17-35-18-38-21)40-30(42)24(34)12-19-15-36-25-8-4-2-6-22(19)25/h2-9,15-18,24,27-29,36-37H,10-14,34H2,1H3,(H,35,38)(H,39,44)(H,40,42)(H,41,43)(H,45,46). The minimum absolute atomic E-state index is 0.0428. The molecule has 2 aromatic carbocycles. The highest BCUT2D eigenvalue weighted by Crippen LogP contribution is 2.20. The van der Waals surface area contributed by atoms with Crippen LogP contribution in [0.3, 0.4) is 0 Å². The Morgan fingerprint density at radius 3 is 1.96 bits per heavy atom. The van der Waals surface area contributed by atoms with Crippen LogP contribution >= 0.6 is 11.8 Å². The maximum absolute atomic E-state index is 13.7. The maximum Gasteiger partial charge on any atom is 0.326 e. The van der Waals surface area contributed by atoms with Crippen LogP contribution in [0.4, 0.5) is 0 Å². The highest BCUT2D eigenvalue weighted by Gasteiger charge is 2.31. The van der Waals surface area contributed by atoms with Crippen molar-refractivity contribution in [2.24, 2.45) is 5.73 Å². The molecule has 5 aromatic rings. The second kappa shape index (κ2) is 15.5. The molecule has 0 saturated heterocycles. The smallest absolute Gasteiger partial charge is 0.326 e. The fourth-order valence-corrected chi connectivity index (χ4v) is 5.98. The number of para-hydroxylation sites is 2. The number of fused-ring (bicyclic) bond motifs is 2. The summed E-state index contributed by atoms with van der Waals surface area (Å²) in [6, 6.07) is 10.8. The van der Waals surface area contributed by atoms with Crippen LogP contribution < -0.4 is 21.7 Å². The molecular weight excluding hydrogens is 620 g/mol. The number of hydrogen-bond donors (Lipinski definition) is 8. The van der Waals surface area contributed by atoms with Gasteiger partial charge in [-0.25, -0.2) is 9.78 Å². The Bertz CT molecular complexity index is 1830. The predicted molar refractivity (Wildman–Crippen MR) is 181 cm³/mol. The molecule has 4 atom stereocenters. The number of nitrogens with two attached hydrogens (primary N) is 1. The molecule has 246 valence electrons. The van der Waals surface area contributed by atoms with Gasteiger partial charge in [-0.05, 0) is 48.1 Å². The summed E-state index contributed by atoms with van der Waals surface area (Å²) in [5.41, 5.74) is 10.3. The van der Waals surface area contributed by atoms with E-state index < -0.39 is 47.9 Å². The van der Waals surface area contributed by atoms with E-state index in [-0.39, 0.29) is 25.7 Å². The van der Waals surface area contributed by atoms with Gasteiger partial charge in [0.25, 0.3) is 0 Å². The quantitative estimate of drug-likeness (QED) is 0.0784. The number of carboxylic acids is 1. The summed E-state index contributed by atoms with van der Waals surface area (Å²) in [4.78, 5) is 66.0. The number of aliphatic carboxylic acids is 1. The van der Waals surface area contributed by atoms with Gasteiger partial charge in [-0.2, -0.15) is 11.8 Å². The average molecular weight is 659 g/mol. The number of carboxylic acid groups (broad SMARTS) is 1. The molecule has 0 spiro atoms. The number of aromatic amines is 3.